The zero-order valence-corrected chi connectivity index (χ0v) is 14.0. The van der Waals surface area contributed by atoms with Gasteiger partial charge in [-0.25, -0.2) is 4.79 Å². The number of halogens is 4. The summed E-state index contributed by atoms with van der Waals surface area (Å²) in [6.45, 7) is 0.668. The predicted octanol–water partition coefficient (Wildman–Crippen LogP) is 4.15. The molecule has 1 aliphatic rings. The highest BCUT2D eigenvalue weighted by atomic mass is 35.5. The number of rotatable bonds is 5. The van der Waals surface area contributed by atoms with Crippen LogP contribution in [-0.2, 0) is 4.74 Å². The van der Waals surface area contributed by atoms with Gasteiger partial charge in [-0.3, -0.25) is 0 Å². The van der Waals surface area contributed by atoms with Crippen molar-refractivity contribution in [2.75, 3.05) is 19.8 Å². The number of carbonyl (C=O) groups is 1. The first-order valence-corrected chi connectivity index (χ1v) is 8.12. The minimum atomic E-state index is -4.37. The summed E-state index contributed by atoms with van der Waals surface area (Å²) in [5.41, 5.74) is 0.882. The van der Waals surface area contributed by atoms with Crippen molar-refractivity contribution in [2.45, 2.75) is 38.0 Å². The van der Waals surface area contributed by atoms with Crippen molar-refractivity contribution in [3.63, 3.8) is 0 Å². The second-order valence-corrected chi connectivity index (χ2v) is 6.26. The van der Waals surface area contributed by atoms with Crippen LogP contribution >= 0.6 is 11.6 Å². The van der Waals surface area contributed by atoms with Crippen molar-refractivity contribution in [1.29, 1.82) is 0 Å². The van der Waals surface area contributed by atoms with Gasteiger partial charge < -0.3 is 15.0 Å². The lowest BCUT2D eigenvalue weighted by molar-refractivity contribution is -0.174. The molecule has 0 radical (unpaired) electrons. The van der Waals surface area contributed by atoms with E-state index in [1.54, 1.807) is 17.9 Å². The van der Waals surface area contributed by atoms with Crippen LogP contribution < -0.4 is 5.32 Å². The zero-order valence-electron chi connectivity index (χ0n) is 13.3. The molecule has 24 heavy (non-hydrogen) atoms. The molecule has 4 nitrogen and oxygen atoms in total. The highest BCUT2D eigenvalue weighted by Gasteiger charge is 2.32. The number of amides is 2. The van der Waals surface area contributed by atoms with E-state index in [9.17, 15) is 18.0 Å². The molecule has 0 bridgehead atoms. The molecule has 2 atom stereocenters. The normalized spacial score (nSPS) is 19.4. The number of nitrogens with one attached hydrogen (secondary N) is 1. The Hall–Kier alpha value is -1.47. The zero-order chi connectivity index (χ0) is 17.7. The van der Waals surface area contributed by atoms with Gasteiger partial charge in [0.05, 0.1) is 18.7 Å². The molecule has 1 aliphatic heterocycles. The lowest BCUT2D eigenvalue weighted by Crippen LogP contribution is -2.45. The molecule has 0 saturated carbocycles. The Morgan fingerprint density at radius 1 is 1.46 bits per heavy atom. The highest BCUT2D eigenvalue weighted by Crippen LogP contribution is 2.35. The van der Waals surface area contributed by atoms with Crippen LogP contribution in [0.3, 0.4) is 0 Å². The molecule has 1 aromatic carbocycles. The SMILES string of the molecule is C[C@H](COCC(F)(F)F)NC(=O)N1CCC[C@@H]1c1ccccc1Cl. The van der Waals surface area contributed by atoms with Gasteiger partial charge in [0.1, 0.15) is 6.61 Å². The number of ether oxygens (including phenoxy) is 1. The van der Waals surface area contributed by atoms with E-state index in [0.29, 0.717) is 11.6 Å². The number of hydrogen-bond acceptors (Lipinski definition) is 2. The molecule has 2 rings (SSSR count). The Balaban J connectivity index is 1.90. The van der Waals surface area contributed by atoms with Crippen molar-refractivity contribution in [3.8, 4) is 0 Å². The summed E-state index contributed by atoms with van der Waals surface area (Å²) in [7, 11) is 0. The quantitative estimate of drug-likeness (QED) is 0.852. The third-order valence-corrected chi connectivity index (χ3v) is 4.13. The highest BCUT2D eigenvalue weighted by molar-refractivity contribution is 6.31. The van der Waals surface area contributed by atoms with Gasteiger partial charge in [-0.05, 0) is 31.4 Å². The van der Waals surface area contributed by atoms with Gasteiger partial charge in [0, 0.05) is 11.6 Å². The van der Waals surface area contributed by atoms with Crippen LogP contribution in [0.15, 0.2) is 24.3 Å². The summed E-state index contributed by atoms with van der Waals surface area (Å²) in [4.78, 5) is 14.1. The van der Waals surface area contributed by atoms with E-state index in [2.05, 4.69) is 10.1 Å². The Morgan fingerprint density at radius 2 is 2.17 bits per heavy atom. The summed E-state index contributed by atoms with van der Waals surface area (Å²) in [6, 6.07) is 6.39. The lowest BCUT2D eigenvalue weighted by Gasteiger charge is -2.27. The van der Waals surface area contributed by atoms with E-state index in [1.165, 1.54) is 0 Å². The minimum Gasteiger partial charge on any atom is -0.370 e. The Kier molecular flexibility index (Phi) is 6.34. The average molecular weight is 365 g/mol. The van der Waals surface area contributed by atoms with E-state index >= 15 is 0 Å². The third kappa shape index (κ3) is 5.27. The molecule has 1 N–H and O–H groups in total. The monoisotopic (exact) mass is 364 g/mol. The van der Waals surface area contributed by atoms with Crippen LogP contribution in [0, 0.1) is 0 Å². The maximum absolute atomic E-state index is 12.4. The van der Waals surface area contributed by atoms with Crippen molar-refractivity contribution in [2.24, 2.45) is 0 Å². The van der Waals surface area contributed by atoms with Crippen LogP contribution in [0.25, 0.3) is 0 Å². The van der Waals surface area contributed by atoms with E-state index in [-0.39, 0.29) is 18.7 Å². The van der Waals surface area contributed by atoms with Crippen LogP contribution in [0.5, 0.6) is 0 Å². The molecule has 1 fully saturated rings. The molecule has 0 unspecified atom stereocenters. The topological polar surface area (TPSA) is 41.6 Å². The Bertz CT molecular complexity index is 568. The first kappa shape index (κ1) is 18.9. The number of urea groups is 1. The summed E-state index contributed by atoms with van der Waals surface area (Å²) in [6.07, 6.45) is -2.72. The van der Waals surface area contributed by atoms with Gasteiger partial charge >= 0.3 is 12.2 Å². The fourth-order valence-corrected chi connectivity index (χ4v) is 3.03. The number of nitrogens with zero attached hydrogens (tertiary/aromatic N) is 1. The molecular weight excluding hydrogens is 345 g/mol. The van der Waals surface area contributed by atoms with Crippen molar-refractivity contribution in [1.82, 2.24) is 10.2 Å². The molecule has 8 heteroatoms. The Morgan fingerprint density at radius 3 is 2.83 bits per heavy atom. The summed E-state index contributed by atoms with van der Waals surface area (Å²) < 4.78 is 40.7. The predicted molar refractivity (Wildman–Crippen MR) is 85.0 cm³/mol. The summed E-state index contributed by atoms with van der Waals surface area (Å²) in [5, 5.41) is 3.28. The van der Waals surface area contributed by atoms with E-state index in [4.69, 9.17) is 11.6 Å². The van der Waals surface area contributed by atoms with Gasteiger partial charge in [0.2, 0.25) is 0 Å². The van der Waals surface area contributed by atoms with Crippen LogP contribution in [0.1, 0.15) is 31.4 Å². The molecule has 134 valence electrons. The van der Waals surface area contributed by atoms with Crippen molar-refractivity contribution < 1.29 is 22.7 Å². The number of likely N-dealkylation sites (tertiary alicyclic amines) is 1. The van der Waals surface area contributed by atoms with Crippen LogP contribution in [0.2, 0.25) is 5.02 Å². The third-order valence-electron chi connectivity index (χ3n) is 3.78. The lowest BCUT2D eigenvalue weighted by atomic mass is 10.0. The molecule has 1 saturated heterocycles. The second-order valence-electron chi connectivity index (χ2n) is 5.85. The number of carbonyl (C=O) groups excluding carboxylic acids is 1. The van der Waals surface area contributed by atoms with Gasteiger partial charge in [-0.2, -0.15) is 13.2 Å². The van der Waals surface area contributed by atoms with E-state index in [1.807, 2.05) is 18.2 Å². The van der Waals surface area contributed by atoms with Gasteiger partial charge in [-0.1, -0.05) is 29.8 Å². The van der Waals surface area contributed by atoms with E-state index < -0.39 is 18.8 Å². The molecule has 2 amide bonds. The number of alkyl halides is 3. The smallest absolute Gasteiger partial charge is 0.370 e. The fourth-order valence-electron chi connectivity index (χ4n) is 2.77. The molecule has 0 spiro atoms. The first-order chi connectivity index (χ1) is 11.3. The summed E-state index contributed by atoms with van der Waals surface area (Å²) >= 11 is 6.21. The minimum absolute atomic E-state index is 0.123. The maximum atomic E-state index is 12.4. The number of benzene rings is 1. The molecule has 1 aromatic rings. The van der Waals surface area contributed by atoms with Crippen LogP contribution in [-0.4, -0.2) is 42.9 Å². The van der Waals surface area contributed by atoms with Crippen molar-refractivity contribution in [3.05, 3.63) is 34.9 Å². The first-order valence-electron chi connectivity index (χ1n) is 7.74. The fraction of sp³-hybridized carbons (Fsp3) is 0.562. The largest absolute Gasteiger partial charge is 0.411 e. The molecule has 0 aromatic heterocycles. The summed E-state index contributed by atoms with van der Waals surface area (Å²) in [5.74, 6) is 0. The van der Waals surface area contributed by atoms with Gasteiger partial charge in [-0.15, -0.1) is 0 Å². The van der Waals surface area contributed by atoms with Gasteiger partial charge in [0.25, 0.3) is 0 Å². The van der Waals surface area contributed by atoms with Crippen molar-refractivity contribution >= 4 is 17.6 Å². The van der Waals surface area contributed by atoms with Gasteiger partial charge in [0.15, 0.2) is 0 Å². The molecular formula is C16H20ClF3N2O2. The van der Waals surface area contributed by atoms with E-state index in [0.717, 1.165) is 18.4 Å². The molecule has 1 heterocycles. The standard InChI is InChI=1S/C16H20ClF3N2O2/c1-11(9-24-10-16(18,19)20)21-15(23)22-8-4-7-14(22)12-5-2-3-6-13(12)17/h2-3,5-6,11,14H,4,7-10H2,1H3,(H,21,23)/t11-,14-/m1/s1. The van der Waals surface area contributed by atoms with Crippen LogP contribution in [0.4, 0.5) is 18.0 Å². The number of hydrogen-bond donors (Lipinski definition) is 1. The maximum Gasteiger partial charge on any atom is 0.411 e. The Labute approximate surface area is 143 Å². The molecule has 0 aliphatic carbocycles. The second kappa shape index (κ2) is 8.07. The average Bonchev–Trinajstić information content (AvgIpc) is 2.95.